The summed E-state index contributed by atoms with van der Waals surface area (Å²) in [6.45, 7) is 0. The molecule has 2 heteroatoms. The zero-order valence-corrected chi connectivity index (χ0v) is 5.34. The van der Waals surface area contributed by atoms with Crippen molar-refractivity contribution in [3.63, 3.8) is 0 Å². The van der Waals surface area contributed by atoms with Gasteiger partial charge in [0.15, 0.2) is 0 Å². The number of halogens is 1. The standard InChI is InChI=1S/C4H3BrS/c5-4-2-1-3-6-4/h1-3H/i3D. The summed E-state index contributed by atoms with van der Waals surface area (Å²) in [5.74, 6) is 0. The van der Waals surface area contributed by atoms with Gasteiger partial charge in [-0.2, -0.15) is 0 Å². The average molecular weight is 164 g/mol. The molecule has 0 spiro atoms. The first kappa shape index (κ1) is 3.22. The molecule has 6 heavy (non-hydrogen) atoms. The molecule has 0 aromatic carbocycles. The van der Waals surface area contributed by atoms with Gasteiger partial charge in [-0.1, -0.05) is 6.07 Å². The Labute approximate surface area is 50.3 Å². The van der Waals surface area contributed by atoms with Crippen LogP contribution in [0.25, 0.3) is 0 Å². The highest BCUT2D eigenvalue weighted by molar-refractivity contribution is 9.11. The number of thiophene rings is 1. The van der Waals surface area contributed by atoms with Crippen LogP contribution in [0.1, 0.15) is 1.37 Å². The fourth-order valence-corrected chi connectivity index (χ4v) is 1.02. The second-order valence-electron chi connectivity index (χ2n) is 0.857. The van der Waals surface area contributed by atoms with Crippen LogP contribution in [-0.2, 0) is 0 Å². The maximum Gasteiger partial charge on any atom is 0.0740 e. The molecule has 0 aliphatic rings. The first-order valence-electron chi connectivity index (χ1n) is 2.01. The van der Waals surface area contributed by atoms with Crippen LogP contribution in [0.4, 0.5) is 0 Å². The molecule has 1 aromatic rings. The molecule has 1 rings (SSSR count). The van der Waals surface area contributed by atoms with Crippen molar-refractivity contribution in [1.82, 2.24) is 0 Å². The van der Waals surface area contributed by atoms with Crippen molar-refractivity contribution < 1.29 is 1.37 Å². The van der Waals surface area contributed by atoms with E-state index in [0.717, 1.165) is 3.79 Å². The molecule has 0 bridgehead atoms. The highest BCUT2D eigenvalue weighted by Gasteiger charge is 1.77. The van der Waals surface area contributed by atoms with Crippen molar-refractivity contribution in [3.05, 3.63) is 21.3 Å². The molecule has 1 heterocycles. The summed E-state index contributed by atoms with van der Waals surface area (Å²) < 4.78 is 8.03. The van der Waals surface area contributed by atoms with Gasteiger partial charge in [-0.05, 0) is 27.4 Å². The van der Waals surface area contributed by atoms with Crippen LogP contribution >= 0.6 is 27.3 Å². The van der Waals surface area contributed by atoms with Gasteiger partial charge in [-0.15, -0.1) is 11.3 Å². The number of hydrogen-bond acceptors (Lipinski definition) is 1. The lowest BCUT2D eigenvalue weighted by atomic mass is 10.7. The lowest BCUT2D eigenvalue weighted by Gasteiger charge is -1.62. The molecule has 0 N–H and O–H groups in total. The average Bonchev–Trinajstić information content (AvgIpc) is 1.87. The van der Waals surface area contributed by atoms with Crippen LogP contribution in [-0.4, -0.2) is 0 Å². The molecule has 1 aromatic heterocycles. The highest BCUT2D eigenvalue weighted by Crippen LogP contribution is 2.14. The molecule has 0 nitrogen and oxygen atoms in total. The van der Waals surface area contributed by atoms with E-state index in [1.165, 1.54) is 11.3 Å². The van der Waals surface area contributed by atoms with Gasteiger partial charge in [0.2, 0.25) is 0 Å². The Morgan fingerprint density at radius 2 is 2.83 bits per heavy atom. The predicted molar refractivity (Wildman–Crippen MR) is 32.0 cm³/mol. The molecule has 0 amide bonds. The van der Waals surface area contributed by atoms with E-state index in [4.69, 9.17) is 1.37 Å². The van der Waals surface area contributed by atoms with Crippen LogP contribution in [0.2, 0.25) is 0 Å². The van der Waals surface area contributed by atoms with Crippen molar-refractivity contribution in [1.29, 1.82) is 0 Å². The lowest BCUT2D eigenvalue weighted by molar-refractivity contribution is 1.97. The minimum absolute atomic E-state index is 0.604. The van der Waals surface area contributed by atoms with Gasteiger partial charge < -0.3 is 0 Å². The minimum atomic E-state index is 0.604. The molecule has 0 saturated heterocycles. The second kappa shape index (κ2) is 1.76. The first-order valence-corrected chi connectivity index (χ1v) is 3.12. The lowest BCUT2D eigenvalue weighted by Crippen LogP contribution is -1.29. The maximum atomic E-state index is 7.00. The van der Waals surface area contributed by atoms with E-state index in [1.54, 1.807) is 6.07 Å². The molecule has 0 saturated carbocycles. The first-order chi connectivity index (χ1) is 3.29. The fourth-order valence-electron chi connectivity index (χ4n) is 0.224. The zero-order valence-electron chi connectivity index (χ0n) is 3.94. The van der Waals surface area contributed by atoms with Gasteiger partial charge >= 0.3 is 0 Å². The Bertz CT molecular complexity index is 144. The predicted octanol–water partition coefficient (Wildman–Crippen LogP) is 2.51. The molecule has 0 radical (unpaired) electrons. The Kier molecular flexibility index (Phi) is 0.941. The molecule has 0 fully saturated rings. The summed E-state index contributed by atoms with van der Waals surface area (Å²) in [5, 5.41) is 0.604. The molecular weight excluding hydrogens is 160 g/mol. The summed E-state index contributed by atoms with van der Waals surface area (Å²) in [5.41, 5.74) is 0. The van der Waals surface area contributed by atoms with Gasteiger partial charge in [0.1, 0.15) is 0 Å². The molecule has 0 aliphatic carbocycles. The van der Waals surface area contributed by atoms with Gasteiger partial charge in [0.05, 0.1) is 5.16 Å². The number of hydrogen-bond donors (Lipinski definition) is 0. The number of rotatable bonds is 0. The van der Waals surface area contributed by atoms with Crippen LogP contribution in [0.3, 0.4) is 0 Å². The summed E-state index contributed by atoms with van der Waals surface area (Å²) >= 11 is 4.66. The third kappa shape index (κ3) is 0.820. The molecule has 0 atom stereocenters. The van der Waals surface area contributed by atoms with Crippen LogP contribution < -0.4 is 0 Å². The smallest absolute Gasteiger partial charge is 0.0740 e. The van der Waals surface area contributed by atoms with Gasteiger partial charge in [-0.25, -0.2) is 0 Å². The van der Waals surface area contributed by atoms with E-state index in [1.807, 2.05) is 6.07 Å². The van der Waals surface area contributed by atoms with Crippen LogP contribution in [0, 0.1) is 0 Å². The second-order valence-corrected chi connectivity index (χ2v) is 3.12. The minimum Gasteiger partial charge on any atom is -0.137 e. The van der Waals surface area contributed by atoms with Gasteiger partial charge in [-0.3, -0.25) is 0 Å². The quantitative estimate of drug-likeness (QED) is 0.552. The Balaban J connectivity index is 3.04. The van der Waals surface area contributed by atoms with Gasteiger partial charge in [0, 0.05) is 0 Å². The van der Waals surface area contributed by atoms with E-state index in [-0.39, 0.29) is 0 Å². The summed E-state index contributed by atoms with van der Waals surface area (Å²) in [6.07, 6.45) is 0. The summed E-state index contributed by atoms with van der Waals surface area (Å²) in [4.78, 5) is 0. The van der Waals surface area contributed by atoms with E-state index in [0.29, 0.717) is 5.36 Å². The topological polar surface area (TPSA) is 0 Å². The van der Waals surface area contributed by atoms with E-state index in [9.17, 15) is 0 Å². The van der Waals surface area contributed by atoms with Crippen molar-refractivity contribution in [3.8, 4) is 0 Å². The van der Waals surface area contributed by atoms with E-state index in [2.05, 4.69) is 15.9 Å². The van der Waals surface area contributed by atoms with Crippen molar-refractivity contribution in [2.75, 3.05) is 0 Å². The molecule has 0 unspecified atom stereocenters. The Morgan fingerprint density at radius 1 is 2.00 bits per heavy atom. The SMILES string of the molecule is [2H]c1ccc(Br)s1. The summed E-state index contributed by atoms with van der Waals surface area (Å²) in [7, 11) is 0. The van der Waals surface area contributed by atoms with E-state index < -0.39 is 0 Å². The van der Waals surface area contributed by atoms with Crippen molar-refractivity contribution in [2.45, 2.75) is 0 Å². The molecule has 32 valence electrons. The van der Waals surface area contributed by atoms with Gasteiger partial charge in [0.25, 0.3) is 0 Å². The largest absolute Gasteiger partial charge is 0.137 e. The monoisotopic (exact) mass is 163 g/mol. The maximum absolute atomic E-state index is 7.00. The summed E-state index contributed by atoms with van der Waals surface area (Å²) in [6, 6.07) is 3.63. The third-order valence-electron chi connectivity index (χ3n) is 0.439. The Hall–Kier alpha value is 0.180. The van der Waals surface area contributed by atoms with Crippen LogP contribution in [0.15, 0.2) is 21.3 Å². The zero-order chi connectivity index (χ0) is 5.28. The molecular formula is C4H3BrS. The normalized spacial score (nSPS) is 11.2. The third-order valence-corrected chi connectivity index (χ3v) is 1.77. The molecule has 0 aliphatic heterocycles. The van der Waals surface area contributed by atoms with Crippen molar-refractivity contribution >= 4 is 27.3 Å². The highest BCUT2D eigenvalue weighted by atomic mass is 79.9. The fraction of sp³-hybridized carbons (Fsp3) is 0. The Morgan fingerprint density at radius 3 is 3.00 bits per heavy atom. The van der Waals surface area contributed by atoms with E-state index >= 15 is 0 Å². The van der Waals surface area contributed by atoms with Crippen LogP contribution in [0.5, 0.6) is 0 Å². The van der Waals surface area contributed by atoms with Crippen molar-refractivity contribution in [2.24, 2.45) is 0 Å².